The summed E-state index contributed by atoms with van der Waals surface area (Å²) in [7, 11) is 0. The number of thiazole rings is 1. The van der Waals surface area contributed by atoms with E-state index in [1.165, 1.54) is 11.1 Å². The monoisotopic (exact) mass is 287 g/mol. The number of nitrogens with one attached hydrogen (secondary N) is 2. The largest absolute Gasteiger partial charge is 0.346 e. The van der Waals surface area contributed by atoms with Crippen molar-refractivity contribution in [3.8, 4) is 0 Å². The highest BCUT2D eigenvalue weighted by Crippen LogP contribution is 2.16. The molecule has 20 heavy (non-hydrogen) atoms. The molecule has 4 nitrogen and oxygen atoms in total. The van der Waals surface area contributed by atoms with Crippen LogP contribution in [0.1, 0.15) is 32.2 Å². The van der Waals surface area contributed by atoms with Crippen molar-refractivity contribution in [2.75, 3.05) is 6.54 Å². The van der Waals surface area contributed by atoms with E-state index in [0.29, 0.717) is 6.54 Å². The molecule has 0 fully saturated rings. The van der Waals surface area contributed by atoms with Crippen LogP contribution in [-0.2, 0) is 19.5 Å². The summed E-state index contributed by atoms with van der Waals surface area (Å²) in [6, 6.07) is 5.97. The number of aryl methyl sites for hydroxylation is 1. The third-order valence-electron chi connectivity index (χ3n) is 3.45. The molecule has 0 radical (unpaired) electrons. The molecule has 1 aliphatic heterocycles. The van der Waals surface area contributed by atoms with Crippen LogP contribution in [0, 0.1) is 6.92 Å². The first-order valence-electron chi connectivity index (χ1n) is 6.74. The maximum Gasteiger partial charge on any atom is 0.251 e. The van der Waals surface area contributed by atoms with Crippen molar-refractivity contribution in [3.63, 3.8) is 0 Å². The van der Waals surface area contributed by atoms with Gasteiger partial charge in [0.25, 0.3) is 5.91 Å². The van der Waals surface area contributed by atoms with Crippen LogP contribution >= 0.6 is 11.3 Å². The first-order valence-corrected chi connectivity index (χ1v) is 7.62. The lowest BCUT2D eigenvalue weighted by atomic mass is 9.98. The molecule has 2 heterocycles. The minimum absolute atomic E-state index is 0.0379. The van der Waals surface area contributed by atoms with Gasteiger partial charge in [-0.15, -0.1) is 11.3 Å². The van der Waals surface area contributed by atoms with Gasteiger partial charge in [0, 0.05) is 17.5 Å². The summed E-state index contributed by atoms with van der Waals surface area (Å²) in [5.74, 6) is -0.0379. The van der Waals surface area contributed by atoms with E-state index in [0.717, 1.165) is 35.8 Å². The first kappa shape index (κ1) is 13.3. The van der Waals surface area contributed by atoms with E-state index in [1.54, 1.807) is 11.3 Å². The normalized spacial score (nSPS) is 13.8. The van der Waals surface area contributed by atoms with Crippen LogP contribution in [-0.4, -0.2) is 17.4 Å². The van der Waals surface area contributed by atoms with E-state index in [9.17, 15) is 4.79 Å². The quantitative estimate of drug-likeness (QED) is 0.908. The molecule has 1 aromatic heterocycles. The average Bonchev–Trinajstić information content (AvgIpc) is 2.90. The Hall–Kier alpha value is -1.72. The molecule has 104 valence electrons. The Balaban J connectivity index is 1.67. The van der Waals surface area contributed by atoms with E-state index >= 15 is 0 Å². The van der Waals surface area contributed by atoms with Crippen molar-refractivity contribution in [1.82, 2.24) is 15.6 Å². The predicted molar refractivity (Wildman–Crippen MR) is 79.9 cm³/mol. The van der Waals surface area contributed by atoms with Crippen molar-refractivity contribution >= 4 is 17.2 Å². The van der Waals surface area contributed by atoms with Gasteiger partial charge in [-0.2, -0.15) is 0 Å². The van der Waals surface area contributed by atoms with Crippen LogP contribution in [0.5, 0.6) is 0 Å². The topological polar surface area (TPSA) is 54.0 Å². The molecule has 0 spiro atoms. The molecule has 2 aromatic rings. The Morgan fingerprint density at radius 2 is 2.35 bits per heavy atom. The zero-order valence-electron chi connectivity index (χ0n) is 11.4. The van der Waals surface area contributed by atoms with Crippen molar-refractivity contribution in [2.45, 2.75) is 26.4 Å². The molecular formula is C15H17N3OS. The molecule has 0 unspecified atom stereocenters. The fourth-order valence-electron chi connectivity index (χ4n) is 2.38. The van der Waals surface area contributed by atoms with Crippen molar-refractivity contribution < 1.29 is 4.79 Å². The van der Waals surface area contributed by atoms with Gasteiger partial charge < -0.3 is 10.6 Å². The first-order chi connectivity index (χ1) is 9.72. The minimum atomic E-state index is -0.0379. The summed E-state index contributed by atoms with van der Waals surface area (Å²) in [5.41, 5.74) is 4.21. The summed E-state index contributed by atoms with van der Waals surface area (Å²) >= 11 is 1.60. The highest BCUT2D eigenvalue weighted by molar-refractivity contribution is 7.09. The van der Waals surface area contributed by atoms with Gasteiger partial charge in [0.15, 0.2) is 0 Å². The number of carbonyl (C=O) groups is 1. The Bertz CT molecular complexity index is 636. The van der Waals surface area contributed by atoms with Gasteiger partial charge in [0.2, 0.25) is 0 Å². The Labute approximate surface area is 122 Å². The second-order valence-electron chi connectivity index (χ2n) is 4.95. The molecule has 3 rings (SSSR count). The average molecular weight is 287 g/mol. The zero-order chi connectivity index (χ0) is 13.9. The lowest BCUT2D eigenvalue weighted by Gasteiger charge is -2.17. The molecule has 1 aliphatic rings. The number of hydrogen-bond donors (Lipinski definition) is 2. The number of benzene rings is 1. The fourth-order valence-corrected chi connectivity index (χ4v) is 3.00. The molecule has 2 N–H and O–H groups in total. The molecule has 1 amide bonds. The highest BCUT2D eigenvalue weighted by Gasteiger charge is 2.12. The van der Waals surface area contributed by atoms with Crippen LogP contribution < -0.4 is 10.6 Å². The number of rotatable bonds is 3. The van der Waals surface area contributed by atoms with Crippen LogP contribution in [0.2, 0.25) is 0 Å². The minimum Gasteiger partial charge on any atom is -0.346 e. The fraction of sp³-hybridized carbons (Fsp3) is 0.333. The molecule has 0 saturated carbocycles. The predicted octanol–water partition coefficient (Wildman–Crippen LogP) is 2.03. The number of amides is 1. The van der Waals surface area contributed by atoms with Crippen molar-refractivity contribution in [1.29, 1.82) is 0 Å². The molecular weight excluding hydrogens is 270 g/mol. The number of nitrogens with zero attached hydrogens (tertiary/aromatic N) is 1. The molecule has 0 aliphatic carbocycles. The third kappa shape index (κ3) is 2.89. The lowest BCUT2D eigenvalue weighted by Crippen LogP contribution is -2.26. The molecule has 0 atom stereocenters. The number of hydrogen-bond acceptors (Lipinski definition) is 4. The molecule has 0 saturated heterocycles. The van der Waals surface area contributed by atoms with Gasteiger partial charge in [-0.05, 0) is 43.1 Å². The van der Waals surface area contributed by atoms with E-state index in [-0.39, 0.29) is 5.91 Å². The lowest BCUT2D eigenvalue weighted by molar-refractivity contribution is 0.0950. The molecule has 5 heteroatoms. The SMILES string of the molecule is Cc1nc(CNC(=O)c2ccc3c(c2)CNCC3)cs1. The second kappa shape index (κ2) is 5.73. The summed E-state index contributed by atoms with van der Waals surface area (Å²) in [5, 5.41) is 9.25. The van der Waals surface area contributed by atoms with Gasteiger partial charge in [-0.25, -0.2) is 4.98 Å². The van der Waals surface area contributed by atoms with Crippen LogP contribution in [0.4, 0.5) is 0 Å². The van der Waals surface area contributed by atoms with E-state index in [4.69, 9.17) is 0 Å². The van der Waals surface area contributed by atoms with Gasteiger partial charge in [-0.1, -0.05) is 6.07 Å². The van der Waals surface area contributed by atoms with Gasteiger partial charge in [0.1, 0.15) is 0 Å². The standard InChI is InChI=1S/C15H17N3OS/c1-10-18-14(9-20-10)8-17-15(19)12-3-2-11-4-5-16-7-13(11)6-12/h2-3,6,9,16H,4-5,7-8H2,1H3,(H,17,19). The van der Waals surface area contributed by atoms with Gasteiger partial charge >= 0.3 is 0 Å². The summed E-state index contributed by atoms with van der Waals surface area (Å²) in [6.45, 7) is 4.31. The maximum atomic E-state index is 12.2. The summed E-state index contributed by atoms with van der Waals surface area (Å²) in [6.07, 6.45) is 1.04. The summed E-state index contributed by atoms with van der Waals surface area (Å²) < 4.78 is 0. The smallest absolute Gasteiger partial charge is 0.251 e. The van der Waals surface area contributed by atoms with Crippen molar-refractivity contribution in [3.05, 3.63) is 51.0 Å². The van der Waals surface area contributed by atoms with E-state index < -0.39 is 0 Å². The molecule has 1 aromatic carbocycles. The van der Waals surface area contributed by atoms with Gasteiger partial charge in [-0.3, -0.25) is 4.79 Å². The van der Waals surface area contributed by atoms with E-state index in [1.807, 2.05) is 24.4 Å². The highest BCUT2D eigenvalue weighted by atomic mass is 32.1. The maximum absolute atomic E-state index is 12.2. The number of carbonyl (C=O) groups excluding carboxylic acids is 1. The number of aromatic nitrogens is 1. The van der Waals surface area contributed by atoms with Gasteiger partial charge in [0.05, 0.1) is 17.2 Å². The zero-order valence-corrected chi connectivity index (χ0v) is 12.2. The second-order valence-corrected chi connectivity index (χ2v) is 6.01. The Morgan fingerprint density at radius 1 is 1.45 bits per heavy atom. The molecule has 0 bridgehead atoms. The van der Waals surface area contributed by atoms with Crippen LogP contribution in [0.3, 0.4) is 0 Å². The van der Waals surface area contributed by atoms with Crippen LogP contribution in [0.15, 0.2) is 23.6 Å². The third-order valence-corrected chi connectivity index (χ3v) is 4.27. The van der Waals surface area contributed by atoms with Crippen LogP contribution in [0.25, 0.3) is 0 Å². The summed E-state index contributed by atoms with van der Waals surface area (Å²) in [4.78, 5) is 16.5. The van der Waals surface area contributed by atoms with Crippen molar-refractivity contribution in [2.24, 2.45) is 0 Å². The Morgan fingerprint density at radius 3 is 3.15 bits per heavy atom. The van der Waals surface area contributed by atoms with E-state index in [2.05, 4.69) is 21.7 Å². The Kier molecular flexibility index (Phi) is 3.80. The number of fused-ring (bicyclic) bond motifs is 1.